The van der Waals surface area contributed by atoms with Gasteiger partial charge in [-0.3, -0.25) is 4.79 Å². The fourth-order valence-electron chi connectivity index (χ4n) is 1.78. The largest absolute Gasteiger partial charge is 0.383 e. The van der Waals surface area contributed by atoms with Crippen molar-refractivity contribution in [3.8, 4) is 0 Å². The summed E-state index contributed by atoms with van der Waals surface area (Å²) < 4.78 is 49.8. The first-order chi connectivity index (χ1) is 7.93. The van der Waals surface area contributed by atoms with Gasteiger partial charge in [-0.1, -0.05) is 24.3 Å². The third kappa shape index (κ3) is 1.99. The Hall–Kier alpha value is -1.59. The molecule has 0 N–H and O–H groups in total. The van der Waals surface area contributed by atoms with Gasteiger partial charge in [-0.2, -0.15) is 8.78 Å². The average Bonchev–Trinajstić information content (AvgIpc) is 2.70. The SMILES string of the molecule is O=C(N1Cc2ccccc2C1)C(F)(F)C(F)F. The maximum absolute atomic E-state index is 12.9. The summed E-state index contributed by atoms with van der Waals surface area (Å²) in [6.07, 6.45) is -3.97. The molecule has 0 saturated carbocycles. The molecule has 0 unspecified atom stereocenters. The van der Waals surface area contributed by atoms with Gasteiger partial charge in [-0.05, 0) is 11.1 Å². The van der Waals surface area contributed by atoms with Gasteiger partial charge in [0, 0.05) is 13.1 Å². The van der Waals surface area contributed by atoms with Crippen LogP contribution in [0.15, 0.2) is 24.3 Å². The zero-order valence-electron chi connectivity index (χ0n) is 8.67. The Morgan fingerprint density at radius 3 is 2.06 bits per heavy atom. The molecule has 1 aliphatic heterocycles. The summed E-state index contributed by atoms with van der Waals surface area (Å²) in [4.78, 5) is 12.0. The molecule has 0 saturated heterocycles. The minimum atomic E-state index is -4.61. The van der Waals surface area contributed by atoms with Crippen LogP contribution in [0.3, 0.4) is 0 Å². The van der Waals surface area contributed by atoms with Crippen molar-refractivity contribution in [1.82, 2.24) is 4.90 Å². The average molecular weight is 247 g/mol. The first-order valence-electron chi connectivity index (χ1n) is 4.95. The van der Waals surface area contributed by atoms with Crippen LogP contribution in [0.5, 0.6) is 0 Å². The second kappa shape index (κ2) is 4.01. The Labute approximate surface area is 94.8 Å². The lowest BCUT2D eigenvalue weighted by Gasteiger charge is -2.21. The number of carbonyl (C=O) groups is 1. The number of rotatable bonds is 2. The van der Waals surface area contributed by atoms with Crippen molar-refractivity contribution in [2.75, 3.05) is 0 Å². The van der Waals surface area contributed by atoms with Gasteiger partial charge >= 0.3 is 12.3 Å². The van der Waals surface area contributed by atoms with Crippen molar-refractivity contribution in [2.45, 2.75) is 25.4 Å². The van der Waals surface area contributed by atoms with Gasteiger partial charge in [0.1, 0.15) is 0 Å². The molecule has 1 heterocycles. The Morgan fingerprint density at radius 1 is 1.18 bits per heavy atom. The van der Waals surface area contributed by atoms with E-state index >= 15 is 0 Å². The highest BCUT2D eigenvalue weighted by atomic mass is 19.3. The van der Waals surface area contributed by atoms with Gasteiger partial charge in [0.2, 0.25) is 0 Å². The molecule has 6 heteroatoms. The van der Waals surface area contributed by atoms with E-state index in [2.05, 4.69) is 0 Å². The van der Waals surface area contributed by atoms with Crippen LogP contribution in [-0.2, 0) is 17.9 Å². The van der Waals surface area contributed by atoms with E-state index in [9.17, 15) is 22.4 Å². The maximum Gasteiger partial charge on any atom is 0.383 e. The van der Waals surface area contributed by atoms with Gasteiger partial charge in [0.25, 0.3) is 5.91 Å². The Balaban J connectivity index is 2.16. The van der Waals surface area contributed by atoms with Gasteiger partial charge in [0.05, 0.1) is 0 Å². The summed E-state index contributed by atoms with van der Waals surface area (Å²) >= 11 is 0. The van der Waals surface area contributed by atoms with Crippen LogP contribution in [0.1, 0.15) is 11.1 Å². The Morgan fingerprint density at radius 2 is 1.65 bits per heavy atom. The first kappa shape index (κ1) is 11.9. The van der Waals surface area contributed by atoms with Gasteiger partial charge < -0.3 is 4.90 Å². The van der Waals surface area contributed by atoms with Crippen molar-refractivity contribution in [2.24, 2.45) is 0 Å². The van der Waals surface area contributed by atoms with E-state index in [4.69, 9.17) is 0 Å². The predicted octanol–water partition coefficient (Wildman–Crippen LogP) is 2.43. The van der Waals surface area contributed by atoms with Gasteiger partial charge in [-0.25, -0.2) is 8.78 Å². The lowest BCUT2D eigenvalue weighted by molar-refractivity contribution is -0.181. The second-order valence-electron chi connectivity index (χ2n) is 3.85. The van der Waals surface area contributed by atoms with Crippen LogP contribution >= 0.6 is 0 Å². The third-order valence-corrected chi connectivity index (χ3v) is 2.69. The molecule has 1 amide bonds. The lowest BCUT2D eigenvalue weighted by Crippen LogP contribution is -2.45. The number of halogens is 4. The summed E-state index contributed by atoms with van der Waals surface area (Å²) in [5.41, 5.74) is 1.43. The molecule has 0 atom stereocenters. The van der Waals surface area contributed by atoms with E-state index in [0.717, 1.165) is 4.90 Å². The van der Waals surface area contributed by atoms with E-state index < -0.39 is 18.3 Å². The molecule has 0 bridgehead atoms. The van der Waals surface area contributed by atoms with Crippen LogP contribution in [-0.4, -0.2) is 23.2 Å². The zero-order valence-corrected chi connectivity index (χ0v) is 8.67. The topological polar surface area (TPSA) is 20.3 Å². The van der Waals surface area contributed by atoms with E-state index in [0.29, 0.717) is 11.1 Å². The smallest absolute Gasteiger partial charge is 0.329 e. The highest BCUT2D eigenvalue weighted by Crippen LogP contribution is 2.30. The van der Waals surface area contributed by atoms with Gasteiger partial charge in [0.15, 0.2) is 0 Å². The molecule has 0 aliphatic carbocycles. The number of hydrogen-bond acceptors (Lipinski definition) is 1. The molecule has 0 fully saturated rings. The zero-order chi connectivity index (χ0) is 12.6. The van der Waals surface area contributed by atoms with Crippen LogP contribution < -0.4 is 0 Å². The second-order valence-corrected chi connectivity index (χ2v) is 3.85. The van der Waals surface area contributed by atoms with Gasteiger partial charge in [-0.15, -0.1) is 0 Å². The molecule has 2 nitrogen and oxygen atoms in total. The third-order valence-electron chi connectivity index (χ3n) is 2.69. The van der Waals surface area contributed by atoms with Crippen molar-refractivity contribution in [3.63, 3.8) is 0 Å². The number of carbonyl (C=O) groups excluding carboxylic acids is 1. The predicted molar refractivity (Wildman–Crippen MR) is 51.6 cm³/mol. The molecule has 1 aromatic carbocycles. The maximum atomic E-state index is 12.9. The molecule has 1 aromatic rings. The number of nitrogens with zero attached hydrogens (tertiary/aromatic N) is 1. The van der Waals surface area contributed by atoms with Crippen molar-refractivity contribution >= 4 is 5.91 Å². The Bertz CT molecular complexity index is 422. The molecule has 92 valence electrons. The molecule has 0 aromatic heterocycles. The summed E-state index contributed by atoms with van der Waals surface area (Å²) in [6.45, 7) is -0.0887. The van der Waals surface area contributed by atoms with Crippen LogP contribution in [0.4, 0.5) is 17.6 Å². The Kier molecular flexibility index (Phi) is 2.81. The summed E-state index contributed by atoms with van der Waals surface area (Å²) in [5, 5.41) is 0. The molecule has 2 rings (SSSR count). The highest BCUT2D eigenvalue weighted by Gasteiger charge is 2.51. The van der Waals surface area contributed by atoms with E-state index in [1.54, 1.807) is 24.3 Å². The molecular formula is C11H9F4NO. The highest BCUT2D eigenvalue weighted by molar-refractivity contribution is 5.84. The fourth-order valence-corrected chi connectivity index (χ4v) is 1.78. The number of hydrogen-bond donors (Lipinski definition) is 0. The quantitative estimate of drug-likeness (QED) is 0.735. The summed E-state index contributed by atoms with van der Waals surface area (Å²) in [6, 6.07) is 6.78. The monoisotopic (exact) mass is 247 g/mol. The number of fused-ring (bicyclic) bond motifs is 1. The number of benzene rings is 1. The van der Waals surface area contributed by atoms with Crippen LogP contribution in [0.25, 0.3) is 0 Å². The number of amides is 1. The summed E-state index contributed by atoms with van der Waals surface area (Å²) in [5.74, 6) is -6.43. The standard InChI is InChI=1S/C11H9F4NO/c12-9(13)11(14,15)10(17)16-5-7-3-1-2-4-8(7)6-16/h1-4,9H,5-6H2. The van der Waals surface area contributed by atoms with Crippen molar-refractivity contribution in [1.29, 1.82) is 0 Å². The first-order valence-corrected chi connectivity index (χ1v) is 4.95. The molecular weight excluding hydrogens is 238 g/mol. The van der Waals surface area contributed by atoms with Crippen LogP contribution in [0, 0.1) is 0 Å². The minimum absolute atomic E-state index is 0.0443. The van der Waals surface area contributed by atoms with E-state index in [1.165, 1.54) is 0 Å². The fraction of sp³-hybridized carbons (Fsp3) is 0.364. The normalized spacial score (nSPS) is 15.2. The lowest BCUT2D eigenvalue weighted by atomic mass is 10.1. The van der Waals surface area contributed by atoms with E-state index in [1.807, 2.05) is 0 Å². The van der Waals surface area contributed by atoms with Crippen LogP contribution in [0.2, 0.25) is 0 Å². The van der Waals surface area contributed by atoms with E-state index in [-0.39, 0.29) is 13.1 Å². The minimum Gasteiger partial charge on any atom is -0.329 e. The van der Waals surface area contributed by atoms with Crippen molar-refractivity contribution < 1.29 is 22.4 Å². The molecule has 0 radical (unpaired) electrons. The number of alkyl halides is 4. The molecule has 17 heavy (non-hydrogen) atoms. The molecule has 1 aliphatic rings. The van der Waals surface area contributed by atoms with Crippen molar-refractivity contribution in [3.05, 3.63) is 35.4 Å². The summed E-state index contributed by atoms with van der Waals surface area (Å²) in [7, 11) is 0. The molecule has 0 spiro atoms.